The number of nitrogens with zero attached hydrogens (tertiary/aromatic N) is 4. The molecule has 4 aromatic heterocycles. The van der Waals surface area contributed by atoms with Gasteiger partial charge in [0, 0.05) is 17.5 Å². The Bertz CT molecular complexity index is 1320. The van der Waals surface area contributed by atoms with Gasteiger partial charge >= 0.3 is 0 Å². The number of rotatable bonds is 2. The molecule has 0 spiro atoms. The summed E-state index contributed by atoms with van der Waals surface area (Å²) in [6, 6.07) is 12.5. The second-order valence-electron chi connectivity index (χ2n) is 6.25. The number of fused-ring (bicyclic) bond motifs is 2. The van der Waals surface area contributed by atoms with Crippen LogP contribution in [0.3, 0.4) is 0 Å². The van der Waals surface area contributed by atoms with Crippen LogP contribution in [0.1, 0.15) is 22.8 Å². The van der Waals surface area contributed by atoms with Crippen LogP contribution in [0.25, 0.3) is 11.3 Å². The number of halogens is 3. The molecule has 0 saturated carbocycles. The molecule has 0 saturated heterocycles. The molecule has 150 valence electrons. The van der Waals surface area contributed by atoms with Crippen LogP contribution in [-0.4, -0.2) is 18.8 Å². The fourth-order valence-electron chi connectivity index (χ4n) is 2.88. The highest BCUT2D eigenvalue weighted by Gasteiger charge is 2.10. The molecule has 0 aliphatic carbocycles. The van der Waals surface area contributed by atoms with Crippen molar-refractivity contribution in [3.8, 4) is 0 Å². The molecule has 0 radical (unpaired) electrons. The van der Waals surface area contributed by atoms with E-state index in [-0.39, 0.29) is 22.9 Å². The van der Waals surface area contributed by atoms with E-state index in [1.54, 1.807) is 20.9 Å². The van der Waals surface area contributed by atoms with Crippen molar-refractivity contribution < 1.29 is 0 Å². The van der Waals surface area contributed by atoms with Crippen LogP contribution in [0.5, 0.6) is 0 Å². The summed E-state index contributed by atoms with van der Waals surface area (Å²) in [5.74, 6) is 0.486. The molecule has 0 unspecified atom stereocenters. The van der Waals surface area contributed by atoms with Gasteiger partial charge in [0.2, 0.25) is 0 Å². The Morgan fingerprint density at radius 2 is 1.48 bits per heavy atom. The third-order valence-corrected chi connectivity index (χ3v) is 5.58. The highest BCUT2D eigenvalue weighted by Crippen LogP contribution is 2.14. The van der Waals surface area contributed by atoms with E-state index in [1.807, 2.05) is 38.1 Å². The SMILES string of the molecule is Cc1cccc2nc(CCl)c(Br)c(=O)n12.Cc1cccc2nc(CCl)cc(=O)n12. The number of aryl methyl sites for hydroxylation is 2. The van der Waals surface area contributed by atoms with Crippen LogP contribution in [0, 0.1) is 13.8 Å². The fraction of sp³-hybridized carbons (Fsp3) is 0.200. The van der Waals surface area contributed by atoms with Crippen LogP contribution >= 0.6 is 39.1 Å². The Morgan fingerprint density at radius 1 is 0.897 bits per heavy atom. The van der Waals surface area contributed by atoms with E-state index in [0.29, 0.717) is 27.2 Å². The van der Waals surface area contributed by atoms with Gasteiger partial charge in [-0.1, -0.05) is 12.1 Å². The van der Waals surface area contributed by atoms with Crippen LogP contribution in [-0.2, 0) is 11.8 Å². The van der Waals surface area contributed by atoms with E-state index >= 15 is 0 Å². The van der Waals surface area contributed by atoms with Crippen molar-refractivity contribution in [2.75, 3.05) is 0 Å². The molecule has 4 rings (SSSR count). The molecule has 0 aliphatic rings. The van der Waals surface area contributed by atoms with Gasteiger partial charge in [0.25, 0.3) is 11.1 Å². The smallest absolute Gasteiger partial charge is 0.269 e. The van der Waals surface area contributed by atoms with Gasteiger partial charge in [0.1, 0.15) is 15.8 Å². The first kappa shape index (κ1) is 21.5. The Hall–Kier alpha value is -2.22. The molecular formula is C20H17BrCl2N4O2. The van der Waals surface area contributed by atoms with E-state index in [9.17, 15) is 9.59 Å². The third-order valence-electron chi connectivity index (χ3n) is 4.25. The molecule has 4 heterocycles. The van der Waals surface area contributed by atoms with E-state index in [0.717, 1.165) is 11.4 Å². The van der Waals surface area contributed by atoms with Gasteiger partial charge in [-0.25, -0.2) is 9.97 Å². The lowest BCUT2D eigenvalue weighted by Gasteiger charge is -2.06. The van der Waals surface area contributed by atoms with Crippen molar-refractivity contribution in [3.63, 3.8) is 0 Å². The predicted molar refractivity (Wildman–Crippen MR) is 119 cm³/mol. The molecule has 0 fully saturated rings. The summed E-state index contributed by atoms with van der Waals surface area (Å²) >= 11 is 14.5. The van der Waals surface area contributed by atoms with Crippen molar-refractivity contribution in [3.05, 3.63) is 90.4 Å². The predicted octanol–water partition coefficient (Wildman–Crippen LogP) is 4.25. The van der Waals surface area contributed by atoms with Gasteiger partial charge in [0.15, 0.2) is 0 Å². The lowest BCUT2D eigenvalue weighted by Crippen LogP contribution is -2.19. The van der Waals surface area contributed by atoms with E-state index < -0.39 is 0 Å². The summed E-state index contributed by atoms with van der Waals surface area (Å²) in [6.45, 7) is 3.74. The second kappa shape index (κ2) is 9.07. The van der Waals surface area contributed by atoms with Crippen LogP contribution in [0.2, 0.25) is 0 Å². The van der Waals surface area contributed by atoms with E-state index in [1.165, 1.54) is 6.07 Å². The topological polar surface area (TPSA) is 68.7 Å². The standard InChI is InChI=1S/C10H8BrClN2O.C10H9ClN2O/c1-6-3-2-4-8-13-7(5-12)9(11)10(15)14(6)8;1-7-3-2-4-9-12-8(6-11)5-10(14)13(7)9/h2-4H,5H2,1H3;2-5H,6H2,1H3. The van der Waals surface area contributed by atoms with Crippen LogP contribution in [0.4, 0.5) is 0 Å². The van der Waals surface area contributed by atoms with Gasteiger partial charge in [-0.2, -0.15) is 0 Å². The highest BCUT2D eigenvalue weighted by atomic mass is 79.9. The Kier molecular flexibility index (Phi) is 6.72. The Labute approximate surface area is 184 Å². The summed E-state index contributed by atoms with van der Waals surface area (Å²) in [4.78, 5) is 32.1. The lowest BCUT2D eigenvalue weighted by molar-refractivity contribution is 0.954. The summed E-state index contributed by atoms with van der Waals surface area (Å²) in [7, 11) is 0. The van der Waals surface area contributed by atoms with E-state index in [4.69, 9.17) is 23.2 Å². The lowest BCUT2D eigenvalue weighted by atomic mass is 10.3. The van der Waals surface area contributed by atoms with Crippen LogP contribution < -0.4 is 11.1 Å². The van der Waals surface area contributed by atoms with E-state index in [2.05, 4.69) is 25.9 Å². The maximum Gasteiger partial charge on any atom is 0.272 e. The van der Waals surface area contributed by atoms with Gasteiger partial charge in [-0.05, 0) is 54.0 Å². The molecule has 0 atom stereocenters. The minimum Gasteiger partial charge on any atom is -0.269 e. The number of aromatic nitrogens is 4. The minimum atomic E-state index is -0.117. The number of hydrogen-bond donors (Lipinski definition) is 0. The Balaban J connectivity index is 0.000000166. The first-order valence-corrected chi connectivity index (χ1v) is 10.5. The Morgan fingerprint density at radius 3 is 2.07 bits per heavy atom. The van der Waals surface area contributed by atoms with Gasteiger partial charge in [0.05, 0.1) is 23.1 Å². The average Bonchev–Trinajstić information content (AvgIpc) is 2.70. The van der Waals surface area contributed by atoms with Crippen molar-refractivity contribution >= 4 is 50.4 Å². The molecule has 0 aromatic carbocycles. The monoisotopic (exact) mass is 494 g/mol. The van der Waals surface area contributed by atoms with Gasteiger partial charge in [-0.15, -0.1) is 23.2 Å². The van der Waals surface area contributed by atoms with Crippen molar-refractivity contribution in [1.82, 2.24) is 18.8 Å². The summed E-state index contributed by atoms with van der Waals surface area (Å²) in [6.07, 6.45) is 0. The molecule has 4 aromatic rings. The molecular weight excluding hydrogens is 479 g/mol. The first-order chi connectivity index (χ1) is 13.9. The van der Waals surface area contributed by atoms with Crippen LogP contribution in [0.15, 0.2) is 56.5 Å². The van der Waals surface area contributed by atoms with Crippen molar-refractivity contribution in [1.29, 1.82) is 0 Å². The summed E-state index contributed by atoms with van der Waals surface area (Å²) in [5, 5.41) is 0. The number of hydrogen-bond acceptors (Lipinski definition) is 4. The van der Waals surface area contributed by atoms with Gasteiger partial charge < -0.3 is 0 Å². The molecule has 0 N–H and O–H groups in total. The molecule has 9 heteroatoms. The normalized spacial score (nSPS) is 10.8. The van der Waals surface area contributed by atoms with Crippen molar-refractivity contribution in [2.45, 2.75) is 25.6 Å². The molecule has 0 aliphatic heterocycles. The minimum absolute atomic E-state index is 0.0799. The second-order valence-corrected chi connectivity index (χ2v) is 7.58. The number of alkyl halides is 2. The highest BCUT2D eigenvalue weighted by molar-refractivity contribution is 9.10. The summed E-state index contributed by atoms with van der Waals surface area (Å²) in [5.41, 5.74) is 3.99. The van der Waals surface area contributed by atoms with Crippen molar-refractivity contribution in [2.24, 2.45) is 0 Å². The molecule has 6 nitrogen and oxygen atoms in total. The van der Waals surface area contributed by atoms with Gasteiger partial charge in [-0.3, -0.25) is 18.4 Å². The fourth-order valence-corrected chi connectivity index (χ4v) is 3.78. The maximum atomic E-state index is 11.9. The first-order valence-electron chi connectivity index (χ1n) is 8.64. The third kappa shape index (κ3) is 4.37. The maximum absolute atomic E-state index is 11.9. The zero-order valence-corrected chi connectivity index (χ0v) is 18.8. The average molecular weight is 496 g/mol. The molecule has 0 bridgehead atoms. The molecule has 0 amide bonds. The largest absolute Gasteiger partial charge is 0.272 e. The summed E-state index contributed by atoms with van der Waals surface area (Å²) < 4.78 is 3.56. The zero-order valence-electron chi connectivity index (χ0n) is 15.7. The number of pyridine rings is 2. The zero-order chi connectivity index (χ0) is 21.1. The quantitative estimate of drug-likeness (QED) is 0.390. The molecule has 29 heavy (non-hydrogen) atoms.